The fraction of sp³-hybridized carbons (Fsp3) is 0.394. The lowest BCUT2D eigenvalue weighted by molar-refractivity contribution is -0.143. The number of rotatable bonds is 10. The van der Waals surface area contributed by atoms with Crippen LogP contribution in [0.1, 0.15) is 76.2 Å². The summed E-state index contributed by atoms with van der Waals surface area (Å²) in [5.74, 6) is -1.54. The van der Waals surface area contributed by atoms with Crippen LogP contribution in [0.5, 0.6) is 0 Å². The first-order valence-electron chi connectivity index (χ1n) is 14.4. The molecule has 2 amide bonds. The highest BCUT2D eigenvalue weighted by atomic mass is 19.4. The Hall–Kier alpha value is -3.89. The van der Waals surface area contributed by atoms with Crippen LogP contribution < -0.4 is 5.32 Å². The van der Waals surface area contributed by atoms with Gasteiger partial charge >= 0.3 is 12.4 Å². The van der Waals surface area contributed by atoms with E-state index in [1.165, 1.54) is 12.1 Å². The van der Waals surface area contributed by atoms with Gasteiger partial charge in [-0.25, -0.2) is 4.39 Å². The second-order valence-electron chi connectivity index (χ2n) is 11.3. The molecule has 3 aromatic rings. The molecule has 1 aliphatic heterocycles. The standard InChI is InChI=1S/C33H33F7N2O2/c1-21-6-8-23(9-7-21)29(24-10-12-28(34)13-11-24)4-2-3-5-30(43)42-15-14-22(20-42)19-41-31(44)25-16-26(32(35,36)37)18-27(17-25)33(38,39)40/h6-13,16-18,22,29H,2-5,14-15,19-20H2,1H3,(H,41,44). The van der Waals surface area contributed by atoms with Crippen LogP contribution in [0.25, 0.3) is 0 Å². The molecule has 4 nitrogen and oxygen atoms in total. The van der Waals surface area contributed by atoms with E-state index in [9.17, 15) is 40.3 Å². The molecule has 0 radical (unpaired) electrons. The van der Waals surface area contributed by atoms with Gasteiger partial charge in [-0.2, -0.15) is 26.3 Å². The summed E-state index contributed by atoms with van der Waals surface area (Å²) in [5.41, 5.74) is -0.617. The second-order valence-corrected chi connectivity index (χ2v) is 11.3. The molecule has 0 aromatic heterocycles. The third-order valence-corrected chi connectivity index (χ3v) is 7.93. The van der Waals surface area contributed by atoms with E-state index in [2.05, 4.69) is 17.4 Å². The molecule has 1 fully saturated rings. The minimum Gasteiger partial charge on any atom is -0.352 e. The van der Waals surface area contributed by atoms with E-state index in [0.717, 1.165) is 29.5 Å². The SMILES string of the molecule is Cc1ccc(C(CCCCC(=O)N2CCC(CNC(=O)c3cc(C(F)(F)F)cc(C(F)(F)F)c3)C2)c2ccc(F)cc2)cc1. The van der Waals surface area contributed by atoms with Gasteiger partial charge in [-0.3, -0.25) is 9.59 Å². The first-order chi connectivity index (χ1) is 20.7. The molecular weight excluding hydrogens is 589 g/mol. The molecule has 2 unspecified atom stereocenters. The molecule has 11 heteroatoms. The molecule has 0 bridgehead atoms. The Morgan fingerprint density at radius 3 is 2.00 bits per heavy atom. The molecule has 0 aliphatic carbocycles. The first kappa shape index (κ1) is 33.0. The predicted octanol–water partition coefficient (Wildman–Crippen LogP) is 8.14. The Balaban J connectivity index is 1.27. The number of carbonyl (C=O) groups is 2. The van der Waals surface area contributed by atoms with Crippen LogP contribution in [0, 0.1) is 18.7 Å². The predicted molar refractivity (Wildman–Crippen MR) is 151 cm³/mol. The van der Waals surface area contributed by atoms with Crippen LogP contribution in [0.3, 0.4) is 0 Å². The van der Waals surface area contributed by atoms with Crippen molar-refractivity contribution in [3.05, 3.63) is 106 Å². The number of alkyl halides is 6. The molecular formula is C33H33F7N2O2. The summed E-state index contributed by atoms with van der Waals surface area (Å²) in [6, 6.07) is 15.4. The highest BCUT2D eigenvalue weighted by Crippen LogP contribution is 2.36. The maximum atomic E-state index is 13.5. The van der Waals surface area contributed by atoms with Gasteiger partial charge in [-0.1, -0.05) is 48.4 Å². The van der Waals surface area contributed by atoms with Gasteiger partial charge in [-0.15, -0.1) is 0 Å². The zero-order valence-corrected chi connectivity index (χ0v) is 24.1. The molecule has 4 rings (SSSR count). The summed E-state index contributed by atoms with van der Waals surface area (Å²) < 4.78 is 92.3. The third-order valence-electron chi connectivity index (χ3n) is 7.93. The Kier molecular flexibility index (Phi) is 10.4. The van der Waals surface area contributed by atoms with E-state index in [0.29, 0.717) is 44.5 Å². The fourth-order valence-corrected chi connectivity index (χ4v) is 5.45. The maximum Gasteiger partial charge on any atom is 0.416 e. The van der Waals surface area contributed by atoms with E-state index >= 15 is 0 Å². The molecule has 1 aliphatic rings. The minimum atomic E-state index is -5.05. The number of nitrogens with zero attached hydrogens (tertiary/aromatic N) is 1. The number of aryl methyl sites for hydroxylation is 1. The molecule has 1 saturated heterocycles. The van der Waals surface area contributed by atoms with Crippen molar-refractivity contribution in [3.63, 3.8) is 0 Å². The molecule has 3 aromatic carbocycles. The van der Waals surface area contributed by atoms with Crippen molar-refractivity contribution in [1.29, 1.82) is 0 Å². The highest BCUT2D eigenvalue weighted by Gasteiger charge is 2.37. The van der Waals surface area contributed by atoms with Crippen molar-refractivity contribution < 1.29 is 40.3 Å². The molecule has 0 spiro atoms. The van der Waals surface area contributed by atoms with Gasteiger partial charge in [0.05, 0.1) is 11.1 Å². The average molecular weight is 623 g/mol. The molecule has 44 heavy (non-hydrogen) atoms. The molecule has 1 heterocycles. The van der Waals surface area contributed by atoms with Crippen LogP contribution in [-0.2, 0) is 17.1 Å². The van der Waals surface area contributed by atoms with Gasteiger partial charge in [0.25, 0.3) is 5.91 Å². The zero-order chi connectivity index (χ0) is 32.1. The lowest BCUT2D eigenvalue weighted by Crippen LogP contribution is -2.33. The summed E-state index contributed by atoms with van der Waals surface area (Å²) in [6.07, 6.45) is -7.09. The Labute approximate surface area is 251 Å². The van der Waals surface area contributed by atoms with Crippen molar-refractivity contribution in [1.82, 2.24) is 10.2 Å². The number of likely N-dealkylation sites (tertiary alicyclic amines) is 1. The van der Waals surface area contributed by atoms with Crippen LogP contribution in [0.4, 0.5) is 30.7 Å². The topological polar surface area (TPSA) is 49.4 Å². The van der Waals surface area contributed by atoms with E-state index in [1.54, 1.807) is 17.0 Å². The smallest absolute Gasteiger partial charge is 0.352 e. The largest absolute Gasteiger partial charge is 0.416 e. The van der Waals surface area contributed by atoms with E-state index in [-0.39, 0.29) is 36.2 Å². The van der Waals surface area contributed by atoms with Gasteiger partial charge < -0.3 is 10.2 Å². The molecule has 236 valence electrons. The Morgan fingerprint density at radius 1 is 0.864 bits per heavy atom. The minimum absolute atomic E-state index is 0.0100. The molecule has 0 saturated carbocycles. The number of nitrogens with one attached hydrogen (secondary N) is 1. The number of hydrogen-bond donors (Lipinski definition) is 1. The summed E-state index contributed by atoms with van der Waals surface area (Å²) in [5, 5.41) is 2.43. The van der Waals surface area contributed by atoms with Crippen molar-refractivity contribution in [2.24, 2.45) is 5.92 Å². The normalized spacial score (nSPS) is 16.2. The first-order valence-corrected chi connectivity index (χ1v) is 14.4. The summed E-state index contributed by atoms with van der Waals surface area (Å²) in [7, 11) is 0. The van der Waals surface area contributed by atoms with Crippen LogP contribution in [-0.4, -0.2) is 36.3 Å². The lowest BCUT2D eigenvalue weighted by atomic mass is 9.86. The van der Waals surface area contributed by atoms with Crippen molar-refractivity contribution in [2.75, 3.05) is 19.6 Å². The number of halogens is 7. The Morgan fingerprint density at radius 2 is 1.43 bits per heavy atom. The second kappa shape index (κ2) is 13.8. The summed E-state index contributed by atoms with van der Waals surface area (Å²) in [6.45, 7) is 2.79. The van der Waals surface area contributed by atoms with Crippen molar-refractivity contribution >= 4 is 11.8 Å². The van der Waals surface area contributed by atoms with E-state index in [4.69, 9.17) is 0 Å². The summed E-state index contributed by atoms with van der Waals surface area (Å²) >= 11 is 0. The number of amides is 2. The number of hydrogen-bond acceptors (Lipinski definition) is 2. The monoisotopic (exact) mass is 622 g/mol. The average Bonchev–Trinajstić information content (AvgIpc) is 3.45. The van der Waals surface area contributed by atoms with Crippen LogP contribution in [0.15, 0.2) is 66.7 Å². The Bertz CT molecular complexity index is 1360. The number of benzene rings is 3. The molecule has 2 atom stereocenters. The van der Waals surface area contributed by atoms with Gasteiger partial charge in [0, 0.05) is 37.5 Å². The third kappa shape index (κ3) is 8.83. The maximum absolute atomic E-state index is 13.5. The van der Waals surface area contributed by atoms with Gasteiger partial charge in [0.2, 0.25) is 5.91 Å². The van der Waals surface area contributed by atoms with Crippen molar-refractivity contribution in [2.45, 2.75) is 57.3 Å². The van der Waals surface area contributed by atoms with Crippen LogP contribution in [0.2, 0.25) is 0 Å². The van der Waals surface area contributed by atoms with Crippen LogP contribution >= 0.6 is 0 Å². The van der Waals surface area contributed by atoms with E-state index < -0.39 is 35.0 Å². The summed E-state index contributed by atoms with van der Waals surface area (Å²) in [4.78, 5) is 27.0. The zero-order valence-electron chi connectivity index (χ0n) is 24.1. The number of unbranched alkanes of at least 4 members (excludes halogenated alkanes) is 1. The van der Waals surface area contributed by atoms with Gasteiger partial charge in [0.15, 0.2) is 0 Å². The quantitative estimate of drug-likeness (QED) is 0.183. The van der Waals surface area contributed by atoms with Crippen molar-refractivity contribution in [3.8, 4) is 0 Å². The fourth-order valence-electron chi connectivity index (χ4n) is 5.45. The molecule has 1 N–H and O–H groups in total. The van der Waals surface area contributed by atoms with Gasteiger partial charge in [0.1, 0.15) is 5.82 Å². The van der Waals surface area contributed by atoms with E-state index in [1.807, 2.05) is 19.1 Å². The highest BCUT2D eigenvalue weighted by molar-refractivity contribution is 5.94. The van der Waals surface area contributed by atoms with Gasteiger partial charge in [-0.05, 0) is 73.6 Å². The number of carbonyl (C=O) groups excluding carboxylic acids is 2. The lowest BCUT2D eigenvalue weighted by Gasteiger charge is -2.20.